The molecule has 0 radical (unpaired) electrons. The highest BCUT2D eigenvalue weighted by Gasteiger charge is 2.17. The van der Waals surface area contributed by atoms with Crippen molar-refractivity contribution in [2.24, 2.45) is 0 Å². The van der Waals surface area contributed by atoms with Crippen molar-refractivity contribution in [1.29, 1.82) is 0 Å². The molecule has 0 unspecified atom stereocenters. The second-order valence-corrected chi connectivity index (χ2v) is 5.43. The van der Waals surface area contributed by atoms with Crippen LogP contribution in [0.1, 0.15) is 19.0 Å². The summed E-state index contributed by atoms with van der Waals surface area (Å²) >= 11 is 3.50. The molecule has 1 fully saturated rings. The molecular weight excluding hydrogens is 292 g/mol. The molecule has 1 aliphatic rings. The molecule has 2 rings (SSSR count). The molecule has 1 aromatic rings. The summed E-state index contributed by atoms with van der Waals surface area (Å²) in [5, 5.41) is 1.06. The van der Waals surface area contributed by atoms with E-state index in [9.17, 15) is 0 Å². The van der Waals surface area contributed by atoms with Gasteiger partial charge in [-0.15, -0.1) is 0 Å². The third kappa shape index (κ3) is 3.65. The minimum absolute atomic E-state index is 1.04. The van der Waals surface area contributed by atoms with Crippen molar-refractivity contribution in [3.63, 3.8) is 0 Å². The van der Waals surface area contributed by atoms with Crippen molar-refractivity contribution in [1.82, 2.24) is 14.9 Å². The number of nitrogens with zero attached hydrogens (tertiary/aromatic N) is 4. The zero-order chi connectivity index (χ0) is 12.8. The molecule has 0 aliphatic carbocycles. The molecule has 18 heavy (non-hydrogen) atoms. The van der Waals surface area contributed by atoms with E-state index < -0.39 is 0 Å². The van der Waals surface area contributed by atoms with Gasteiger partial charge in [0.2, 0.25) is 0 Å². The van der Waals surface area contributed by atoms with Gasteiger partial charge >= 0.3 is 0 Å². The van der Waals surface area contributed by atoms with Crippen molar-refractivity contribution in [3.05, 3.63) is 18.1 Å². The fraction of sp³-hybridized carbons (Fsp3) is 0.692. The lowest BCUT2D eigenvalue weighted by Crippen LogP contribution is -2.47. The molecule has 1 aromatic heterocycles. The monoisotopic (exact) mass is 312 g/mol. The van der Waals surface area contributed by atoms with Crippen LogP contribution in [0.25, 0.3) is 0 Å². The zero-order valence-electron chi connectivity index (χ0n) is 11.0. The fourth-order valence-corrected chi connectivity index (χ4v) is 2.77. The van der Waals surface area contributed by atoms with Gasteiger partial charge in [0.15, 0.2) is 0 Å². The van der Waals surface area contributed by atoms with E-state index in [0.717, 1.165) is 62.4 Å². The third-order valence-electron chi connectivity index (χ3n) is 3.31. The van der Waals surface area contributed by atoms with E-state index in [1.54, 1.807) is 6.33 Å². The van der Waals surface area contributed by atoms with E-state index in [1.165, 1.54) is 0 Å². The lowest BCUT2D eigenvalue weighted by molar-refractivity contribution is 0.273. The Bertz CT molecular complexity index is 364. The first kappa shape index (κ1) is 13.7. The number of halogens is 1. The Kier molecular flexibility index (Phi) is 5.38. The summed E-state index contributed by atoms with van der Waals surface area (Å²) < 4.78 is 0. The van der Waals surface area contributed by atoms with Gasteiger partial charge in [-0.25, -0.2) is 9.97 Å². The molecule has 4 nitrogen and oxygen atoms in total. The van der Waals surface area contributed by atoms with Gasteiger partial charge in [0, 0.05) is 49.8 Å². The van der Waals surface area contributed by atoms with Gasteiger partial charge in [0.05, 0.1) is 0 Å². The first-order valence-electron chi connectivity index (χ1n) is 6.67. The predicted octanol–water partition coefficient (Wildman–Crippen LogP) is 1.95. The first-order chi connectivity index (χ1) is 8.83. The summed E-state index contributed by atoms with van der Waals surface area (Å²) in [6, 6.07) is 2.14. The molecule has 0 aromatic carbocycles. The Hall–Kier alpha value is -0.680. The van der Waals surface area contributed by atoms with Crippen LogP contribution in [0.15, 0.2) is 12.4 Å². The number of anilines is 1. The molecule has 0 spiro atoms. The van der Waals surface area contributed by atoms with Crippen LogP contribution < -0.4 is 4.90 Å². The number of alkyl halides is 1. The molecule has 0 amide bonds. The number of hydrogen-bond acceptors (Lipinski definition) is 4. The Labute approximate surface area is 118 Å². The smallest absolute Gasteiger partial charge is 0.132 e. The largest absolute Gasteiger partial charge is 0.354 e. The van der Waals surface area contributed by atoms with Crippen molar-refractivity contribution >= 4 is 21.7 Å². The number of aromatic nitrogens is 2. The standard InChI is InChI=1S/C13H21BrN4/c1-2-3-12-10-13(16-11-15-12)18-8-6-17(5-4-14)7-9-18/h10-11H,2-9H2,1H3. The van der Waals surface area contributed by atoms with Crippen LogP contribution in [0.4, 0.5) is 5.82 Å². The first-order valence-corrected chi connectivity index (χ1v) is 7.80. The number of aryl methyl sites for hydroxylation is 1. The Morgan fingerprint density at radius 2 is 2.00 bits per heavy atom. The van der Waals surface area contributed by atoms with Gasteiger partial charge in [0.1, 0.15) is 12.1 Å². The van der Waals surface area contributed by atoms with Crippen LogP contribution in [-0.2, 0) is 6.42 Å². The van der Waals surface area contributed by atoms with Crippen LogP contribution >= 0.6 is 15.9 Å². The van der Waals surface area contributed by atoms with Crippen molar-refractivity contribution in [2.45, 2.75) is 19.8 Å². The van der Waals surface area contributed by atoms with Crippen LogP contribution in [0.3, 0.4) is 0 Å². The normalized spacial score (nSPS) is 17.1. The van der Waals surface area contributed by atoms with Gasteiger partial charge in [0.25, 0.3) is 0 Å². The highest BCUT2D eigenvalue weighted by molar-refractivity contribution is 9.09. The van der Waals surface area contributed by atoms with E-state index >= 15 is 0 Å². The quantitative estimate of drug-likeness (QED) is 0.778. The third-order valence-corrected chi connectivity index (χ3v) is 3.67. The van der Waals surface area contributed by atoms with Gasteiger partial charge in [-0.05, 0) is 6.42 Å². The van der Waals surface area contributed by atoms with E-state index in [0.29, 0.717) is 0 Å². The van der Waals surface area contributed by atoms with Gasteiger partial charge < -0.3 is 4.90 Å². The molecule has 2 heterocycles. The summed E-state index contributed by atoms with van der Waals surface area (Å²) in [6.07, 6.45) is 3.87. The Morgan fingerprint density at radius 3 is 2.67 bits per heavy atom. The van der Waals surface area contributed by atoms with Crippen molar-refractivity contribution in [2.75, 3.05) is 43.0 Å². The molecule has 0 saturated carbocycles. The summed E-state index contributed by atoms with van der Waals surface area (Å²) in [5.41, 5.74) is 1.16. The van der Waals surface area contributed by atoms with Gasteiger partial charge in [-0.2, -0.15) is 0 Å². The Morgan fingerprint density at radius 1 is 1.22 bits per heavy atom. The maximum Gasteiger partial charge on any atom is 0.132 e. The highest BCUT2D eigenvalue weighted by atomic mass is 79.9. The van der Waals surface area contributed by atoms with Crippen molar-refractivity contribution in [3.8, 4) is 0 Å². The van der Waals surface area contributed by atoms with Crippen LogP contribution in [0.2, 0.25) is 0 Å². The number of rotatable bonds is 5. The summed E-state index contributed by atoms with van der Waals surface area (Å²) in [5.74, 6) is 1.09. The Balaban J connectivity index is 1.94. The van der Waals surface area contributed by atoms with E-state index in [-0.39, 0.29) is 0 Å². The molecule has 1 saturated heterocycles. The van der Waals surface area contributed by atoms with E-state index in [1.807, 2.05) is 0 Å². The minimum Gasteiger partial charge on any atom is -0.354 e. The molecule has 100 valence electrons. The SMILES string of the molecule is CCCc1cc(N2CCN(CCBr)CC2)ncn1. The molecule has 1 aliphatic heterocycles. The van der Waals surface area contributed by atoms with Gasteiger partial charge in [-0.3, -0.25) is 4.90 Å². The number of piperazine rings is 1. The maximum absolute atomic E-state index is 4.40. The van der Waals surface area contributed by atoms with Crippen LogP contribution in [-0.4, -0.2) is 52.9 Å². The second-order valence-electron chi connectivity index (χ2n) is 4.64. The van der Waals surface area contributed by atoms with Crippen LogP contribution in [0, 0.1) is 0 Å². The second kappa shape index (κ2) is 7.04. The lowest BCUT2D eigenvalue weighted by Gasteiger charge is -2.35. The van der Waals surface area contributed by atoms with E-state index in [2.05, 4.69) is 48.7 Å². The summed E-state index contributed by atoms with van der Waals surface area (Å²) in [4.78, 5) is 13.6. The molecule has 0 bridgehead atoms. The minimum atomic E-state index is 1.04. The molecule has 0 atom stereocenters. The molecule has 0 N–H and O–H groups in total. The lowest BCUT2D eigenvalue weighted by atomic mass is 10.2. The average Bonchev–Trinajstić information content (AvgIpc) is 2.41. The molecule has 5 heteroatoms. The number of hydrogen-bond donors (Lipinski definition) is 0. The fourth-order valence-electron chi connectivity index (χ4n) is 2.27. The van der Waals surface area contributed by atoms with Crippen LogP contribution in [0.5, 0.6) is 0 Å². The average molecular weight is 313 g/mol. The summed E-state index contributed by atoms with van der Waals surface area (Å²) in [6.45, 7) is 7.70. The topological polar surface area (TPSA) is 32.3 Å². The predicted molar refractivity (Wildman–Crippen MR) is 78.5 cm³/mol. The van der Waals surface area contributed by atoms with Crippen molar-refractivity contribution < 1.29 is 0 Å². The zero-order valence-corrected chi connectivity index (χ0v) is 12.6. The van der Waals surface area contributed by atoms with E-state index in [4.69, 9.17) is 0 Å². The summed E-state index contributed by atoms with van der Waals surface area (Å²) in [7, 11) is 0. The maximum atomic E-state index is 4.40. The highest BCUT2D eigenvalue weighted by Crippen LogP contribution is 2.14. The molecular formula is C13H21BrN4. The van der Waals surface area contributed by atoms with Gasteiger partial charge in [-0.1, -0.05) is 29.3 Å².